The van der Waals surface area contributed by atoms with E-state index in [1.54, 1.807) is 110 Å². The molecule has 2 aromatic heterocycles. The molecule has 8 fully saturated rings. The highest BCUT2D eigenvalue weighted by Crippen LogP contribution is 2.46. The Hall–Kier alpha value is -7.94. The molecule has 7 heterocycles. The Kier molecular flexibility index (Phi) is 45.4. The Labute approximate surface area is 741 Å². The van der Waals surface area contributed by atoms with E-state index >= 15 is 0 Å². The maximum atomic E-state index is 12.0. The van der Waals surface area contributed by atoms with Crippen LogP contribution in [0.5, 0.6) is 0 Å². The van der Waals surface area contributed by atoms with Crippen molar-refractivity contribution in [2.24, 2.45) is 0 Å². The second-order valence-electron chi connectivity index (χ2n) is 35.7. The topological polar surface area (TPSA) is 360 Å². The zero-order chi connectivity index (χ0) is 93.8. The van der Waals surface area contributed by atoms with Crippen molar-refractivity contribution in [3.63, 3.8) is 0 Å². The number of rotatable bonds is 33. The zero-order valence-corrected chi connectivity index (χ0v) is 78.2. The van der Waals surface area contributed by atoms with Crippen molar-refractivity contribution >= 4 is 47.8 Å². The summed E-state index contributed by atoms with van der Waals surface area (Å²) >= 11 is 0. The Morgan fingerprint density at radius 1 is 0.400 bits per heavy atom. The van der Waals surface area contributed by atoms with Gasteiger partial charge in [0.2, 0.25) is 0 Å². The van der Waals surface area contributed by atoms with Gasteiger partial charge in [0.25, 0.3) is 0 Å². The molecule has 5 saturated heterocycles. The lowest BCUT2D eigenvalue weighted by atomic mass is 9.79. The van der Waals surface area contributed by atoms with Crippen LogP contribution in [-0.4, -0.2) is 208 Å². The number of furan rings is 2. The summed E-state index contributed by atoms with van der Waals surface area (Å²) < 4.78 is 104. The minimum Gasteiger partial charge on any atom is -0.463 e. The Bertz CT molecular complexity index is 3850. The van der Waals surface area contributed by atoms with Crippen LogP contribution in [0.25, 0.3) is 0 Å². The summed E-state index contributed by atoms with van der Waals surface area (Å²) in [6.45, 7) is 52.9. The molecule has 29 heteroatoms. The van der Waals surface area contributed by atoms with Gasteiger partial charge in [-0.3, -0.25) is 4.79 Å². The molecule has 2 aromatic rings. The van der Waals surface area contributed by atoms with E-state index in [4.69, 9.17) is 99.6 Å². The third kappa shape index (κ3) is 35.2. The number of esters is 8. The number of aliphatic hydroxyl groups excluding tert-OH is 2. The molecule has 10 atom stereocenters. The van der Waals surface area contributed by atoms with Crippen molar-refractivity contribution in [3.05, 3.63) is 133 Å². The fourth-order valence-corrected chi connectivity index (χ4v) is 15.6. The van der Waals surface area contributed by atoms with Crippen LogP contribution in [0.4, 0.5) is 0 Å². The van der Waals surface area contributed by atoms with Gasteiger partial charge in [-0.1, -0.05) is 52.5 Å². The van der Waals surface area contributed by atoms with Gasteiger partial charge in [-0.15, -0.1) is 0 Å². The first-order chi connectivity index (χ1) is 58.7. The van der Waals surface area contributed by atoms with Gasteiger partial charge in [0.15, 0.2) is 11.2 Å². The van der Waals surface area contributed by atoms with Gasteiger partial charge in [-0.05, 0) is 262 Å². The molecule has 706 valence electrons. The largest absolute Gasteiger partial charge is 0.463 e. The number of ether oxygens (including phenoxy) is 17. The second-order valence-corrected chi connectivity index (χ2v) is 35.7. The van der Waals surface area contributed by atoms with Crippen LogP contribution in [-0.2, 0) is 143 Å². The highest BCUT2D eigenvalue weighted by molar-refractivity contribution is 5.89. The SMILES string of the molecule is C=C(C)C(=O)OC(C)(C)C1CCC(CO)O1.C=C(C)C(=O)OC(C)(C)C1CCC(COC(C)=O)O1.C=C(C)C(=O)OC(C)(C)c1ccc(COC)o1.C=C(C)C(=O)OC1(C2CCC(COC)O2)CCCC1.C=C(C)C(=O)OC1(C2CCC(COC)O2)CCCCC1.C=C(C)C(=O)OC1(c2ccc(COC)o2)CCCC1.C=CC(=O)OC(C)(C)C1CCC(CO)O1. The van der Waals surface area contributed by atoms with Gasteiger partial charge in [-0.25, -0.2) is 33.6 Å². The fourth-order valence-electron chi connectivity index (χ4n) is 15.6. The minimum absolute atomic E-state index is 0.00579. The standard InChI is InChI=1S/C16H26O4.C15H24O4.C15H20O4.C14H22O5.C13H18O4.C12H20O4.C11H18O4/c1-12(2)15(17)20-16(9-5-4-6-10-16)14-8-7-13(19-14)11-18-3;2*1-11(2)14(16)19-15(8-4-5-9-15)13-7-6-12(18-13)10-17-3;1-9(2)13(16)19-14(4,5)12-7-6-11(18-12)8-17-10(3)15;1-9(2)12(14)17-13(3,4)11-7-6-10(16-11)8-15-5;1-8(2)11(14)16-12(3,4)10-6-5-9(7-13)15-10;1-4-10(13)15-11(2,3)9-6-5-8(7-12)14-9/h13-14H,1,4-11H2,2-3H3;12-13H,1,4-10H2,2-3H3;6-7H,1,4-5,8-10H2,2-3H3;11-12H,1,6-8H2,2-5H3;6-7H,1,8H2,2-5H3;9-10,13H,1,5-7H2,2-4H3;4,8-9,12H,1,5-7H2,2-3H3. The minimum atomic E-state index is -0.817. The lowest BCUT2D eigenvalue weighted by molar-refractivity contribution is -0.182. The molecular formula is C96H148O29. The molecule has 125 heavy (non-hydrogen) atoms. The van der Waals surface area contributed by atoms with Crippen molar-refractivity contribution in [1.82, 2.24) is 0 Å². The summed E-state index contributed by atoms with van der Waals surface area (Å²) in [6, 6.07) is 7.33. The molecule has 29 nitrogen and oxygen atoms in total. The van der Waals surface area contributed by atoms with E-state index in [-0.39, 0.29) is 105 Å². The Morgan fingerprint density at radius 2 is 0.744 bits per heavy atom. The molecule has 3 saturated carbocycles. The molecule has 0 radical (unpaired) electrons. The third-order valence-corrected chi connectivity index (χ3v) is 22.7. The monoisotopic (exact) mass is 1770 g/mol. The van der Waals surface area contributed by atoms with Gasteiger partial charge >= 0.3 is 47.8 Å². The highest BCUT2D eigenvalue weighted by atomic mass is 16.6. The second kappa shape index (κ2) is 51.9. The summed E-state index contributed by atoms with van der Waals surface area (Å²) in [5, 5.41) is 17.9. The molecule has 0 aromatic carbocycles. The number of carbonyl (C=O) groups is 8. The highest BCUT2D eigenvalue weighted by Gasteiger charge is 2.51. The lowest BCUT2D eigenvalue weighted by Crippen LogP contribution is -2.48. The summed E-state index contributed by atoms with van der Waals surface area (Å²) in [7, 11) is 6.58. The average Bonchev–Trinajstić information content (AvgIpc) is 1.67. The zero-order valence-electron chi connectivity index (χ0n) is 78.2. The normalized spacial score (nSPS) is 23.2. The van der Waals surface area contributed by atoms with E-state index in [0.717, 1.165) is 153 Å². The molecule has 10 rings (SSSR count). The Balaban J connectivity index is 0.000000306. The van der Waals surface area contributed by atoms with Crippen LogP contribution in [0.3, 0.4) is 0 Å². The first kappa shape index (κ1) is 109. The summed E-state index contributed by atoms with van der Waals surface area (Å²) in [6.07, 6.45) is 21.9. The van der Waals surface area contributed by atoms with Crippen molar-refractivity contribution in [2.75, 3.05) is 61.5 Å². The van der Waals surface area contributed by atoms with E-state index in [2.05, 4.69) is 46.1 Å². The van der Waals surface area contributed by atoms with E-state index < -0.39 is 63.1 Å². The molecule has 0 bridgehead atoms. The molecule has 0 amide bonds. The first-order valence-corrected chi connectivity index (χ1v) is 43.6. The smallest absolute Gasteiger partial charge is 0.334 e. The molecular weight excluding hydrogens is 1620 g/mol. The van der Waals surface area contributed by atoms with Gasteiger partial charge in [0.05, 0.1) is 87.5 Å². The summed E-state index contributed by atoms with van der Waals surface area (Å²) in [5.74, 6) is -0.213. The number of methoxy groups -OCH3 is 4. The van der Waals surface area contributed by atoms with E-state index in [1.165, 1.54) is 13.3 Å². The van der Waals surface area contributed by atoms with Crippen molar-refractivity contribution < 1.29 is 138 Å². The average molecular weight is 1770 g/mol. The van der Waals surface area contributed by atoms with Gasteiger partial charge < -0.3 is 99.6 Å². The summed E-state index contributed by atoms with van der Waals surface area (Å²) in [4.78, 5) is 92.0. The Morgan fingerprint density at radius 3 is 1.12 bits per heavy atom. The molecule has 2 N–H and O–H groups in total. The summed E-state index contributed by atoms with van der Waals surface area (Å²) in [5.41, 5.74) is -1.96. The van der Waals surface area contributed by atoms with Crippen molar-refractivity contribution in [2.45, 2.75) is 365 Å². The molecule has 3 aliphatic carbocycles. The van der Waals surface area contributed by atoms with E-state index in [1.807, 2.05) is 39.8 Å². The van der Waals surface area contributed by atoms with Crippen LogP contribution >= 0.6 is 0 Å². The molecule has 8 aliphatic rings. The van der Waals surface area contributed by atoms with Crippen LogP contribution < -0.4 is 0 Å². The quantitative estimate of drug-likeness (QED) is 0.0381. The van der Waals surface area contributed by atoms with Crippen molar-refractivity contribution in [1.29, 1.82) is 0 Å². The molecule has 5 aliphatic heterocycles. The third-order valence-electron chi connectivity index (χ3n) is 22.7. The number of hydrogen-bond acceptors (Lipinski definition) is 29. The van der Waals surface area contributed by atoms with Gasteiger partial charge in [-0.2, -0.15) is 0 Å². The molecule has 0 spiro atoms. The van der Waals surface area contributed by atoms with Crippen LogP contribution in [0, 0.1) is 0 Å². The number of aliphatic hydroxyl groups is 2. The predicted molar refractivity (Wildman–Crippen MR) is 467 cm³/mol. The maximum absolute atomic E-state index is 12.0. The predicted octanol–water partition coefficient (Wildman–Crippen LogP) is 16.2. The van der Waals surface area contributed by atoms with Crippen LogP contribution in [0.1, 0.15) is 275 Å². The number of hydrogen-bond donors (Lipinski definition) is 2. The lowest BCUT2D eigenvalue weighted by Gasteiger charge is -2.41. The van der Waals surface area contributed by atoms with E-state index in [9.17, 15) is 38.4 Å². The van der Waals surface area contributed by atoms with Crippen LogP contribution in [0.2, 0.25) is 0 Å². The van der Waals surface area contributed by atoms with Crippen molar-refractivity contribution in [3.8, 4) is 0 Å². The van der Waals surface area contributed by atoms with Gasteiger partial charge in [0.1, 0.15) is 70.9 Å². The first-order valence-electron chi connectivity index (χ1n) is 43.6. The fraction of sp³-hybridized carbons (Fsp3) is 0.688. The van der Waals surface area contributed by atoms with Gasteiger partial charge in [0, 0.05) is 74.9 Å². The van der Waals surface area contributed by atoms with E-state index in [0.29, 0.717) is 77.1 Å². The van der Waals surface area contributed by atoms with Crippen LogP contribution in [0.15, 0.2) is 119 Å². The maximum Gasteiger partial charge on any atom is 0.334 e. The number of carbonyl (C=O) groups excluding carboxylic acids is 8. The molecule has 10 unspecified atom stereocenters.